The summed E-state index contributed by atoms with van der Waals surface area (Å²) in [7, 11) is -3.88. The van der Waals surface area contributed by atoms with Crippen molar-refractivity contribution in [1.29, 1.82) is 0 Å². The summed E-state index contributed by atoms with van der Waals surface area (Å²) in [4.78, 5) is 25.4. The lowest BCUT2D eigenvalue weighted by Gasteiger charge is -2.28. The molecule has 6 nitrogen and oxygen atoms in total. The zero-order chi connectivity index (χ0) is 22.8. The number of carbonyl (C=O) groups is 2. The molecule has 0 radical (unpaired) electrons. The van der Waals surface area contributed by atoms with E-state index in [1.165, 1.54) is 0 Å². The summed E-state index contributed by atoms with van der Waals surface area (Å²) < 4.78 is 25.9. The summed E-state index contributed by atoms with van der Waals surface area (Å²) in [5, 5.41) is 5.60. The standard InChI is InChI=1S/C24H30N2O4S/c1-16(2)22(27)25-19-9-11-20(12-10-19)26-23(28)24(13-5-6-14-24)31(29,30)21-15-17(3)7-8-18(21)4/h7-12,15-16H,5-6,13-14H2,1-4H3,(H,25,27)(H,26,28). The molecule has 1 aliphatic rings. The first-order valence-electron chi connectivity index (χ1n) is 10.6. The molecule has 31 heavy (non-hydrogen) atoms. The minimum absolute atomic E-state index is 0.0960. The van der Waals surface area contributed by atoms with Crippen LogP contribution in [0.4, 0.5) is 11.4 Å². The smallest absolute Gasteiger partial charge is 0.246 e. The van der Waals surface area contributed by atoms with Crippen molar-refractivity contribution >= 4 is 33.0 Å². The van der Waals surface area contributed by atoms with Crippen molar-refractivity contribution in [1.82, 2.24) is 0 Å². The van der Waals surface area contributed by atoms with E-state index in [1.807, 2.05) is 13.0 Å². The Morgan fingerprint density at radius 3 is 2.00 bits per heavy atom. The fourth-order valence-corrected chi connectivity index (χ4v) is 6.31. The highest BCUT2D eigenvalue weighted by Crippen LogP contribution is 2.42. The summed E-state index contributed by atoms with van der Waals surface area (Å²) in [5.41, 5.74) is 2.61. The van der Waals surface area contributed by atoms with Crippen LogP contribution in [-0.2, 0) is 19.4 Å². The van der Waals surface area contributed by atoms with Crippen LogP contribution < -0.4 is 10.6 Å². The Labute approximate surface area is 184 Å². The van der Waals surface area contributed by atoms with E-state index in [-0.39, 0.29) is 16.7 Å². The lowest BCUT2D eigenvalue weighted by Crippen LogP contribution is -2.47. The van der Waals surface area contributed by atoms with Crippen molar-refractivity contribution in [2.24, 2.45) is 5.92 Å². The van der Waals surface area contributed by atoms with E-state index in [0.29, 0.717) is 42.6 Å². The molecule has 3 rings (SSSR count). The first-order chi connectivity index (χ1) is 14.6. The van der Waals surface area contributed by atoms with Crippen molar-refractivity contribution in [3.8, 4) is 0 Å². The molecular formula is C24H30N2O4S. The van der Waals surface area contributed by atoms with Crippen LogP contribution in [0, 0.1) is 19.8 Å². The molecule has 0 aromatic heterocycles. The van der Waals surface area contributed by atoms with E-state index in [0.717, 1.165) is 5.56 Å². The highest BCUT2D eigenvalue weighted by atomic mass is 32.2. The Kier molecular flexibility index (Phi) is 6.55. The van der Waals surface area contributed by atoms with Crippen LogP contribution in [0.3, 0.4) is 0 Å². The van der Waals surface area contributed by atoms with E-state index < -0.39 is 20.5 Å². The van der Waals surface area contributed by atoms with Crippen molar-refractivity contribution in [2.45, 2.75) is 63.0 Å². The highest BCUT2D eigenvalue weighted by molar-refractivity contribution is 7.93. The Balaban J connectivity index is 1.87. The van der Waals surface area contributed by atoms with Gasteiger partial charge in [0, 0.05) is 17.3 Å². The van der Waals surface area contributed by atoms with Crippen molar-refractivity contribution < 1.29 is 18.0 Å². The molecule has 0 bridgehead atoms. The molecule has 0 saturated heterocycles. The number of benzene rings is 2. The van der Waals surface area contributed by atoms with Gasteiger partial charge in [-0.25, -0.2) is 8.42 Å². The number of rotatable bonds is 6. The monoisotopic (exact) mass is 442 g/mol. The molecule has 0 unspecified atom stereocenters. The van der Waals surface area contributed by atoms with Gasteiger partial charge in [-0.3, -0.25) is 9.59 Å². The molecule has 166 valence electrons. The van der Waals surface area contributed by atoms with Crippen molar-refractivity contribution in [3.05, 3.63) is 53.6 Å². The second kappa shape index (κ2) is 8.83. The van der Waals surface area contributed by atoms with Gasteiger partial charge in [0.15, 0.2) is 14.6 Å². The van der Waals surface area contributed by atoms with Crippen LogP contribution in [0.2, 0.25) is 0 Å². The molecule has 2 aromatic rings. The normalized spacial score (nSPS) is 15.6. The third kappa shape index (κ3) is 4.51. The van der Waals surface area contributed by atoms with E-state index >= 15 is 0 Å². The van der Waals surface area contributed by atoms with Gasteiger partial charge >= 0.3 is 0 Å². The zero-order valence-corrected chi connectivity index (χ0v) is 19.3. The lowest BCUT2D eigenvalue weighted by atomic mass is 10.1. The molecule has 2 N–H and O–H groups in total. The third-order valence-electron chi connectivity index (χ3n) is 5.91. The second-order valence-corrected chi connectivity index (χ2v) is 10.9. The number of hydrogen-bond donors (Lipinski definition) is 2. The molecular weight excluding hydrogens is 412 g/mol. The molecule has 0 heterocycles. The minimum Gasteiger partial charge on any atom is -0.326 e. The molecule has 2 aromatic carbocycles. The molecule has 0 aliphatic heterocycles. The van der Waals surface area contributed by atoms with E-state index in [9.17, 15) is 18.0 Å². The van der Waals surface area contributed by atoms with Crippen molar-refractivity contribution in [2.75, 3.05) is 10.6 Å². The lowest BCUT2D eigenvalue weighted by molar-refractivity contribution is -0.119. The number of carbonyl (C=O) groups excluding carboxylic acids is 2. The first kappa shape index (κ1) is 23.0. The first-order valence-corrected chi connectivity index (χ1v) is 12.1. The molecule has 1 saturated carbocycles. The largest absolute Gasteiger partial charge is 0.326 e. The topological polar surface area (TPSA) is 92.3 Å². The Morgan fingerprint density at radius 1 is 0.903 bits per heavy atom. The van der Waals surface area contributed by atoms with Gasteiger partial charge in [0.2, 0.25) is 11.8 Å². The van der Waals surface area contributed by atoms with Crippen LogP contribution in [0.15, 0.2) is 47.4 Å². The van der Waals surface area contributed by atoms with Crippen molar-refractivity contribution in [3.63, 3.8) is 0 Å². The van der Waals surface area contributed by atoms with Gasteiger partial charge in [-0.1, -0.05) is 38.8 Å². The van der Waals surface area contributed by atoms with Gasteiger partial charge in [-0.2, -0.15) is 0 Å². The Hall–Kier alpha value is -2.67. The third-order valence-corrected chi connectivity index (χ3v) is 8.55. The molecule has 1 fully saturated rings. The number of hydrogen-bond acceptors (Lipinski definition) is 4. The number of sulfone groups is 1. The highest BCUT2D eigenvalue weighted by Gasteiger charge is 2.53. The maximum Gasteiger partial charge on any atom is 0.246 e. The molecule has 0 atom stereocenters. The fraction of sp³-hybridized carbons (Fsp3) is 0.417. The van der Waals surface area contributed by atoms with Gasteiger partial charge in [-0.15, -0.1) is 0 Å². The van der Waals surface area contributed by atoms with Gasteiger partial charge in [0.05, 0.1) is 4.90 Å². The molecule has 1 aliphatic carbocycles. The molecule has 0 spiro atoms. The van der Waals surface area contributed by atoms with Crippen LogP contribution in [0.5, 0.6) is 0 Å². The Bertz CT molecular complexity index is 1080. The van der Waals surface area contributed by atoms with Crippen LogP contribution in [-0.4, -0.2) is 25.0 Å². The number of aryl methyl sites for hydroxylation is 2. The molecule has 7 heteroatoms. The summed E-state index contributed by atoms with van der Waals surface area (Å²) in [6.45, 7) is 7.22. The maximum absolute atomic E-state index is 13.7. The predicted molar refractivity (Wildman–Crippen MR) is 123 cm³/mol. The summed E-state index contributed by atoms with van der Waals surface area (Å²) in [6, 6.07) is 12.0. The SMILES string of the molecule is Cc1ccc(C)c(S(=O)(=O)C2(C(=O)Nc3ccc(NC(=O)C(C)C)cc3)CCCC2)c1. The minimum atomic E-state index is -3.88. The predicted octanol–water partition coefficient (Wildman–Crippen LogP) is 4.62. The maximum atomic E-state index is 13.7. The van der Waals surface area contributed by atoms with Crippen LogP contribution in [0.25, 0.3) is 0 Å². The number of anilines is 2. The van der Waals surface area contributed by atoms with Crippen LogP contribution in [0.1, 0.15) is 50.7 Å². The molecule has 2 amide bonds. The van der Waals surface area contributed by atoms with E-state index in [1.54, 1.807) is 57.2 Å². The summed E-state index contributed by atoms with van der Waals surface area (Å²) >= 11 is 0. The van der Waals surface area contributed by atoms with E-state index in [4.69, 9.17) is 0 Å². The second-order valence-electron chi connectivity index (χ2n) is 8.65. The van der Waals surface area contributed by atoms with E-state index in [2.05, 4.69) is 10.6 Å². The number of amides is 2. The summed E-state index contributed by atoms with van der Waals surface area (Å²) in [5.74, 6) is -0.733. The van der Waals surface area contributed by atoms with Gasteiger partial charge < -0.3 is 10.6 Å². The van der Waals surface area contributed by atoms with Crippen LogP contribution >= 0.6 is 0 Å². The van der Waals surface area contributed by atoms with Gasteiger partial charge in [-0.05, 0) is 68.1 Å². The number of nitrogens with one attached hydrogen (secondary N) is 2. The average molecular weight is 443 g/mol. The fourth-order valence-electron chi connectivity index (χ4n) is 3.94. The quantitative estimate of drug-likeness (QED) is 0.683. The summed E-state index contributed by atoms with van der Waals surface area (Å²) in [6.07, 6.45) is 1.99. The van der Waals surface area contributed by atoms with Gasteiger partial charge in [0.25, 0.3) is 0 Å². The van der Waals surface area contributed by atoms with Gasteiger partial charge in [0.1, 0.15) is 0 Å². The average Bonchev–Trinajstić information content (AvgIpc) is 3.23. The Morgan fingerprint density at radius 2 is 1.45 bits per heavy atom. The zero-order valence-electron chi connectivity index (χ0n) is 18.5.